The van der Waals surface area contributed by atoms with Crippen LogP contribution in [0, 0.1) is 6.92 Å². The molecule has 6 rings (SSSR count). The summed E-state index contributed by atoms with van der Waals surface area (Å²) < 4.78 is 5.89. The molecule has 37 heavy (non-hydrogen) atoms. The molecular weight excluding hydrogens is 480 g/mol. The van der Waals surface area contributed by atoms with Gasteiger partial charge in [-0.15, -0.1) is 11.3 Å². The van der Waals surface area contributed by atoms with Crippen LogP contribution in [-0.2, 0) is 11.2 Å². The quantitative estimate of drug-likeness (QED) is 0.199. The van der Waals surface area contributed by atoms with Crippen molar-refractivity contribution in [3.05, 3.63) is 99.0 Å². The Morgan fingerprint density at radius 1 is 1.00 bits per heavy atom. The maximum atomic E-state index is 13.8. The first-order chi connectivity index (χ1) is 18.0. The van der Waals surface area contributed by atoms with Gasteiger partial charge in [0.2, 0.25) is 5.78 Å². The number of esters is 1. The number of aromatic amines is 1. The maximum Gasteiger partial charge on any atom is 0.339 e. The number of carbonyl (C=O) groups excluding carboxylic acids is 2. The van der Waals surface area contributed by atoms with Gasteiger partial charge in [0.05, 0.1) is 16.8 Å². The van der Waals surface area contributed by atoms with E-state index in [0.717, 1.165) is 68.5 Å². The van der Waals surface area contributed by atoms with Gasteiger partial charge in [-0.05, 0) is 73.9 Å². The fourth-order valence-corrected chi connectivity index (χ4v) is 6.01. The summed E-state index contributed by atoms with van der Waals surface area (Å²) in [6, 6.07) is 19.5. The third-order valence-corrected chi connectivity index (χ3v) is 7.85. The molecule has 184 valence electrons. The number of benzene rings is 2. The fraction of sp³-hybridized carbons (Fsp3) is 0.194. The van der Waals surface area contributed by atoms with Crippen molar-refractivity contribution in [3.8, 4) is 0 Å². The first kappa shape index (κ1) is 23.4. The molecule has 0 saturated heterocycles. The molecule has 1 aliphatic rings. The molecule has 0 amide bonds. The van der Waals surface area contributed by atoms with Gasteiger partial charge >= 0.3 is 5.97 Å². The van der Waals surface area contributed by atoms with Crippen LogP contribution in [-0.4, -0.2) is 27.8 Å². The number of nitrogens with zero attached hydrogens (tertiary/aromatic N) is 1. The van der Waals surface area contributed by atoms with Crippen molar-refractivity contribution in [2.75, 3.05) is 0 Å². The van der Waals surface area contributed by atoms with Crippen LogP contribution in [0.4, 0.5) is 0 Å². The van der Waals surface area contributed by atoms with Crippen molar-refractivity contribution < 1.29 is 14.3 Å². The summed E-state index contributed by atoms with van der Waals surface area (Å²) in [4.78, 5) is 36.6. The van der Waals surface area contributed by atoms with Gasteiger partial charge in [0, 0.05) is 32.4 Å². The van der Waals surface area contributed by atoms with E-state index >= 15 is 0 Å². The van der Waals surface area contributed by atoms with Crippen LogP contribution < -0.4 is 0 Å². The Kier molecular flexibility index (Phi) is 5.97. The summed E-state index contributed by atoms with van der Waals surface area (Å²) >= 11 is 1.68. The standard InChI is InChI=1S/C31H26N2O3S/c1-18-27(22-11-3-5-14-25(22)32-18)30(34)19(2)36-31(35)28-23-12-4-6-15-26(23)33-29-20(9-7-13-24(28)29)17-21-10-8-16-37-21/h3-6,8,10-12,14-17,19,32H,7,9,13H2,1-2H3. The predicted molar refractivity (Wildman–Crippen MR) is 149 cm³/mol. The number of allylic oxidation sites excluding steroid dienone is 1. The highest BCUT2D eigenvalue weighted by Gasteiger charge is 2.29. The van der Waals surface area contributed by atoms with E-state index in [1.807, 2.05) is 61.5 Å². The Bertz CT molecular complexity index is 1690. The lowest BCUT2D eigenvalue weighted by Crippen LogP contribution is -2.26. The molecule has 2 aromatic carbocycles. The molecule has 3 aromatic heterocycles. The molecule has 0 bridgehead atoms. The average molecular weight is 507 g/mol. The second kappa shape index (κ2) is 9.45. The molecule has 5 nitrogen and oxygen atoms in total. The second-order valence-electron chi connectivity index (χ2n) is 9.45. The Hall–Kier alpha value is -4.03. The Balaban J connectivity index is 1.40. The topological polar surface area (TPSA) is 72.1 Å². The van der Waals surface area contributed by atoms with E-state index in [4.69, 9.17) is 9.72 Å². The average Bonchev–Trinajstić information content (AvgIpc) is 3.53. The molecule has 0 fully saturated rings. The van der Waals surface area contributed by atoms with E-state index in [2.05, 4.69) is 22.5 Å². The lowest BCUT2D eigenvalue weighted by molar-refractivity contribution is 0.0320. The zero-order chi connectivity index (χ0) is 25.5. The van der Waals surface area contributed by atoms with Crippen LogP contribution in [0.1, 0.15) is 62.3 Å². The van der Waals surface area contributed by atoms with Gasteiger partial charge in [0.25, 0.3) is 0 Å². The number of hydrogen-bond donors (Lipinski definition) is 1. The van der Waals surface area contributed by atoms with Crippen molar-refractivity contribution >= 4 is 56.5 Å². The first-order valence-corrected chi connectivity index (χ1v) is 13.4. The lowest BCUT2D eigenvalue weighted by Gasteiger charge is -2.23. The number of rotatable bonds is 5. The molecule has 1 aliphatic carbocycles. The summed E-state index contributed by atoms with van der Waals surface area (Å²) in [6.07, 6.45) is 3.81. The largest absolute Gasteiger partial charge is 0.451 e. The van der Waals surface area contributed by atoms with Gasteiger partial charge in [-0.25, -0.2) is 9.78 Å². The fourth-order valence-electron chi connectivity index (χ4n) is 5.32. The molecule has 0 saturated carbocycles. The van der Waals surface area contributed by atoms with Gasteiger partial charge < -0.3 is 9.72 Å². The molecule has 1 N–H and O–H groups in total. The van der Waals surface area contributed by atoms with E-state index in [9.17, 15) is 9.59 Å². The number of pyridine rings is 1. The van der Waals surface area contributed by atoms with E-state index in [1.54, 1.807) is 18.3 Å². The number of aryl methyl sites for hydroxylation is 1. The normalized spacial score (nSPS) is 15.1. The Labute approximate surface area is 218 Å². The molecule has 1 atom stereocenters. The number of aromatic nitrogens is 2. The number of ether oxygens (including phenoxy) is 1. The molecular formula is C31H26N2O3S. The van der Waals surface area contributed by atoms with Crippen molar-refractivity contribution in [2.45, 2.75) is 39.2 Å². The predicted octanol–water partition coefficient (Wildman–Crippen LogP) is 7.39. The number of H-pyrrole nitrogens is 1. The summed E-state index contributed by atoms with van der Waals surface area (Å²) in [5.41, 5.74) is 6.38. The highest BCUT2D eigenvalue weighted by Crippen LogP contribution is 2.37. The molecule has 0 radical (unpaired) electrons. The SMILES string of the molecule is Cc1[nH]c2ccccc2c1C(=O)C(C)OC(=O)c1c2c(nc3ccccc13)C(=Cc1cccs1)CCC2. The number of hydrogen-bond acceptors (Lipinski definition) is 5. The molecule has 5 aromatic rings. The number of carbonyl (C=O) groups is 2. The number of fused-ring (bicyclic) bond motifs is 3. The second-order valence-corrected chi connectivity index (χ2v) is 10.4. The Morgan fingerprint density at radius 3 is 2.59 bits per heavy atom. The molecule has 0 spiro atoms. The number of nitrogens with one attached hydrogen (secondary N) is 1. The summed E-state index contributed by atoms with van der Waals surface area (Å²) in [7, 11) is 0. The van der Waals surface area contributed by atoms with Crippen LogP contribution in [0.25, 0.3) is 33.5 Å². The lowest BCUT2D eigenvalue weighted by atomic mass is 9.86. The first-order valence-electron chi connectivity index (χ1n) is 12.5. The molecule has 3 heterocycles. The number of thiophene rings is 1. The van der Waals surface area contributed by atoms with Crippen LogP contribution in [0.2, 0.25) is 0 Å². The number of Topliss-reactive ketones (excluding diaryl/α,β-unsaturated/α-hetero) is 1. The third kappa shape index (κ3) is 4.17. The van der Waals surface area contributed by atoms with Crippen LogP contribution in [0.5, 0.6) is 0 Å². The van der Waals surface area contributed by atoms with Gasteiger partial charge in [0.1, 0.15) is 0 Å². The van der Waals surface area contributed by atoms with E-state index in [-0.39, 0.29) is 5.78 Å². The summed E-state index contributed by atoms with van der Waals surface area (Å²) in [5.74, 6) is -0.695. The van der Waals surface area contributed by atoms with Gasteiger partial charge in [-0.2, -0.15) is 0 Å². The van der Waals surface area contributed by atoms with E-state index < -0.39 is 12.1 Å². The zero-order valence-electron chi connectivity index (χ0n) is 20.7. The van der Waals surface area contributed by atoms with Crippen molar-refractivity contribution in [1.29, 1.82) is 0 Å². The minimum absolute atomic E-state index is 0.214. The molecule has 0 aliphatic heterocycles. The third-order valence-electron chi connectivity index (χ3n) is 7.03. The van der Waals surface area contributed by atoms with Crippen LogP contribution in [0.3, 0.4) is 0 Å². The highest BCUT2D eigenvalue weighted by atomic mass is 32.1. The minimum Gasteiger partial charge on any atom is -0.451 e. The van der Waals surface area contributed by atoms with E-state index in [0.29, 0.717) is 11.1 Å². The van der Waals surface area contributed by atoms with Crippen molar-refractivity contribution in [3.63, 3.8) is 0 Å². The van der Waals surface area contributed by atoms with Crippen molar-refractivity contribution in [2.24, 2.45) is 0 Å². The zero-order valence-corrected chi connectivity index (χ0v) is 21.5. The van der Waals surface area contributed by atoms with Crippen molar-refractivity contribution in [1.82, 2.24) is 9.97 Å². The van der Waals surface area contributed by atoms with Crippen LogP contribution in [0.15, 0.2) is 66.0 Å². The van der Waals surface area contributed by atoms with Gasteiger partial charge in [0.15, 0.2) is 6.10 Å². The number of ketones is 1. The Morgan fingerprint density at radius 2 is 1.78 bits per heavy atom. The summed E-state index contributed by atoms with van der Waals surface area (Å²) in [5, 5.41) is 3.65. The maximum absolute atomic E-state index is 13.8. The molecule has 1 unspecified atom stereocenters. The smallest absolute Gasteiger partial charge is 0.339 e. The van der Waals surface area contributed by atoms with Gasteiger partial charge in [-0.1, -0.05) is 42.5 Å². The summed E-state index contributed by atoms with van der Waals surface area (Å²) in [6.45, 7) is 3.52. The van der Waals surface area contributed by atoms with E-state index in [1.165, 1.54) is 0 Å². The number of para-hydroxylation sites is 2. The van der Waals surface area contributed by atoms with Crippen LogP contribution >= 0.6 is 11.3 Å². The minimum atomic E-state index is -0.933. The highest BCUT2D eigenvalue weighted by molar-refractivity contribution is 7.10. The van der Waals surface area contributed by atoms with Gasteiger partial charge in [-0.3, -0.25) is 4.79 Å². The monoisotopic (exact) mass is 506 g/mol. The molecule has 6 heteroatoms.